The van der Waals surface area contributed by atoms with Gasteiger partial charge in [-0.15, -0.1) is 0 Å². The van der Waals surface area contributed by atoms with Crippen LogP contribution in [0, 0.1) is 6.92 Å². The molecule has 1 heterocycles. The third-order valence-corrected chi connectivity index (χ3v) is 7.82. The van der Waals surface area contributed by atoms with Gasteiger partial charge in [-0.05, 0) is 0 Å². The molecule has 1 saturated heterocycles. The average Bonchev–Trinajstić information content (AvgIpc) is 2.75. The van der Waals surface area contributed by atoms with Crippen LogP contribution in [0.5, 0.6) is 0 Å². The van der Waals surface area contributed by atoms with E-state index in [1.54, 1.807) is 24.3 Å². The second kappa shape index (κ2) is 6.19. The summed E-state index contributed by atoms with van der Waals surface area (Å²) in [6.45, 7) is 2.92. The first-order valence-corrected chi connectivity index (χ1v) is 10.0. The van der Waals surface area contributed by atoms with Crippen molar-refractivity contribution in [3.05, 3.63) is 29.8 Å². The Balaban J connectivity index is 2.10. The molecule has 0 radical (unpaired) electrons. The molecule has 0 bridgehead atoms. The fourth-order valence-corrected chi connectivity index (χ4v) is 5.88. The van der Waals surface area contributed by atoms with E-state index >= 15 is 0 Å². The second-order valence-electron chi connectivity index (χ2n) is 5.11. The van der Waals surface area contributed by atoms with Gasteiger partial charge < -0.3 is 0 Å². The fourth-order valence-electron chi connectivity index (χ4n) is 2.41. The monoisotopic (exact) mass is 473 g/mol. The van der Waals surface area contributed by atoms with Gasteiger partial charge in [-0.25, -0.2) is 0 Å². The number of aryl methyl sites for hydroxylation is 1. The van der Waals surface area contributed by atoms with Crippen molar-refractivity contribution in [2.45, 2.75) is 36.8 Å². The first kappa shape index (κ1) is 15.4. The van der Waals surface area contributed by atoms with Crippen LogP contribution in [0.1, 0.15) is 18.4 Å². The van der Waals surface area contributed by atoms with E-state index in [0.717, 1.165) is 24.9 Å². The molecule has 6 heteroatoms. The zero-order chi connectivity index (χ0) is 14.0. The first-order chi connectivity index (χ1) is 8.90. The topological polar surface area (TPSA) is 57.6 Å². The molecule has 0 spiro atoms. The van der Waals surface area contributed by atoms with E-state index < -0.39 is 15.9 Å². The van der Waals surface area contributed by atoms with E-state index in [1.165, 1.54) is 0 Å². The third kappa shape index (κ3) is 3.77. The standard InChI is InChI=1S/C13H18NO3S.Tl/c1-10-4-6-11(7-5-10)18(16,17)9-13(15)12-3-2-8-14-12;/h4-7,12-13,15H,2-3,8-9H2,1H3;/q-1;+1/t12-,13+;/m0./s1. The summed E-state index contributed by atoms with van der Waals surface area (Å²) in [5.41, 5.74) is 1.03. The minimum absolute atomic E-state index is 0.0326. The molecule has 4 nitrogen and oxygen atoms in total. The number of rotatable bonds is 4. The number of sulfone groups is 1. The first-order valence-electron chi connectivity index (χ1n) is 6.39. The van der Waals surface area contributed by atoms with Gasteiger partial charge >= 0.3 is 131 Å². The van der Waals surface area contributed by atoms with Gasteiger partial charge in [0.1, 0.15) is 0 Å². The molecule has 1 aliphatic rings. The Morgan fingerprint density at radius 1 is 1.42 bits per heavy atom. The molecule has 0 aromatic heterocycles. The van der Waals surface area contributed by atoms with Crippen molar-refractivity contribution >= 4 is 35.9 Å². The Morgan fingerprint density at radius 3 is 2.58 bits per heavy atom. The fraction of sp³-hybridized carbons (Fsp3) is 0.538. The summed E-state index contributed by atoms with van der Waals surface area (Å²) in [5.74, 6) is -0.177. The SMILES string of the molecule is Cc1ccc(S(=O)(=O)C[C@@H](O)[C@@H]2CCC[N]2[Tl])cc1. The van der Waals surface area contributed by atoms with Crippen molar-refractivity contribution in [3.8, 4) is 0 Å². The number of nitrogens with zero attached hydrogens (tertiary/aromatic N) is 1. The van der Waals surface area contributed by atoms with Crippen molar-refractivity contribution in [1.82, 2.24) is 2.71 Å². The van der Waals surface area contributed by atoms with Crippen molar-refractivity contribution in [1.29, 1.82) is 0 Å². The van der Waals surface area contributed by atoms with Crippen molar-refractivity contribution in [2.75, 3.05) is 12.3 Å². The van der Waals surface area contributed by atoms with Gasteiger partial charge in [0.25, 0.3) is 0 Å². The normalized spacial score (nSPS) is 22.5. The summed E-state index contributed by atoms with van der Waals surface area (Å²) >= 11 is 0.661. The van der Waals surface area contributed by atoms with Crippen LogP contribution in [0.3, 0.4) is 0 Å². The van der Waals surface area contributed by atoms with Crippen LogP contribution < -0.4 is 0 Å². The van der Waals surface area contributed by atoms with Crippen molar-refractivity contribution in [2.24, 2.45) is 0 Å². The van der Waals surface area contributed by atoms with E-state index in [-0.39, 0.29) is 11.8 Å². The molecule has 0 unspecified atom stereocenters. The van der Waals surface area contributed by atoms with E-state index in [1.807, 2.05) is 6.92 Å². The molecule has 1 aromatic carbocycles. The van der Waals surface area contributed by atoms with E-state index in [4.69, 9.17) is 0 Å². The van der Waals surface area contributed by atoms with Gasteiger partial charge in [0.15, 0.2) is 0 Å². The third-order valence-electron chi connectivity index (χ3n) is 3.56. The number of hydrogen-bond acceptors (Lipinski definition) is 4. The van der Waals surface area contributed by atoms with E-state index in [2.05, 4.69) is 2.71 Å². The number of benzene rings is 1. The van der Waals surface area contributed by atoms with Gasteiger partial charge in [0.05, 0.1) is 0 Å². The molecule has 1 N–H and O–H groups in total. The quantitative estimate of drug-likeness (QED) is 0.655. The van der Waals surface area contributed by atoms with Crippen LogP contribution in [-0.2, 0) is 9.84 Å². The zero-order valence-corrected chi connectivity index (χ0v) is 16.3. The van der Waals surface area contributed by atoms with Gasteiger partial charge in [0.2, 0.25) is 0 Å². The van der Waals surface area contributed by atoms with Gasteiger partial charge in [-0.2, -0.15) is 0 Å². The van der Waals surface area contributed by atoms with Crippen LogP contribution in [0.25, 0.3) is 0 Å². The molecule has 19 heavy (non-hydrogen) atoms. The van der Waals surface area contributed by atoms with Crippen LogP contribution in [0.4, 0.5) is 0 Å². The molecule has 2 rings (SSSR count). The van der Waals surface area contributed by atoms with Crippen LogP contribution in [0.15, 0.2) is 29.2 Å². The number of aliphatic hydroxyl groups is 1. The summed E-state index contributed by atoms with van der Waals surface area (Å²) in [4.78, 5) is 0.303. The molecule has 2 atom stereocenters. The van der Waals surface area contributed by atoms with Crippen molar-refractivity contribution in [3.63, 3.8) is 0 Å². The summed E-state index contributed by atoms with van der Waals surface area (Å²) in [6, 6.07) is 6.84. The molecular weight excluding hydrogens is 455 g/mol. The predicted octanol–water partition coefficient (Wildman–Crippen LogP) is 0.678. The minimum atomic E-state index is -3.40. The van der Waals surface area contributed by atoms with E-state index in [9.17, 15) is 13.5 Å². The Bertz CT molecular complexity index is 529. The Morgan fingerprint density at radius 2 is 2.05 bits per heavy atom. The Kier molecular flexibility index (Phi) is 5.02. The summed E-state index contributed by atoms with van der Waals surface area (Å²) in [6.07, 6.45) is 1.18. The zero-order valence-electron chi connectivity index (χ0n) is 11.0. The molecule has 102 valence electrons. The van der Waals surface area contributed by atoms with Crippen molar-refractivity contribution < 1.29 is 13.5 Å². The molecule has 0 aliphatic carbocycles. The van der Waals surface area contributed by atoms with Gasteiger partial charge in [0, 0.05) is 0 Å². The Labute approximate surface area is 130 Å². The van der Waals surface area contributed by atoms with Gasteiger partial charge in [-0.3, -0.25) is 0 Å². The molecule has 1 fully saturated rings. The molecule has 0 amide bonds. The molecular formula is C13H18NO3STl. The molecule has 1 aliphatic heterocycles. The van der Waals surface area contributed by atoms with Gasteiger partial charge in [-0.1, -0.05) is 0 Å². The molecule has 0 saturated carbocycles. The molecule has 1 aromatic rings. The maximum atomic E-state index is 12.3. The van der Waals surface area contributed by atoms with Crippen LogP contribution in [-0.4, -0.2) is 66.7 Å². The van der Waals surface area contributed by atoms with Crippen LogP contribution >= 0.6 is 0 Å². The summed E-state index contributed by atoms with van der Waals surface area (Å²) in [5, 5.41) is 10.2. The number of aliphatic hydroxyl groups excluding tert-OH is 1. The van der Waals surface area contributed by atoms with E-state index in [0.29, 0.717) is 31.0 Å². The predicted molar refractivity (Wildman–Crippen MR) is 74.7 cm³/mol. The summed E-state index contributed by atoms with van der Waals surface area (Å²) in [7, 11) is -3.40. The maximum absolute atomic E-state index is 12.3. The summed E-state index contributed by atoms with van der Waals surface area (Å²) < 4.78 is 26.7. The number of hydrogen-bond donors (Lipinski definition) is 1. The second-order valence-corrected chi connectivity index (χ2v) is 9.72. The Hall–Kier alpha value is 0.0121. The van der Waals surface area contributed by atoms with Crippen LogP contribution in [0.2, 0.25) is 0 Å². The average molecular weight is 473 g/mol.